The van der Waals surface area contributed by atoms with Crippen molar-refractivity contribution < 1.29 is 14.3 Å². The molecule has 0 bridgehead atoms. The lowest BCUT2D eigenvalue weighted by molar-refractivity contribution is -0.123. The Hall–Kier alpha value is -2.73. The Bertz CT molecular complexity index is 943. The van der Waals surface area contributed by atoms with Gasteiger partial charge in [-0.05, 0) is 51.8 Å². The number of amides is 1. The second-order valence-corrected chi connectivity index (χ2v) is 6.41. The number of hydrogen-bond acceptors (Lipinski definition) is 4. The zero-order chi connectivity index (χ0) is 17.8. The fraction of sp³-hybridized carbons (Fsp3) is 0.105. The number of esters is 1. The molecule has 0 radical (unpaired) electrons. The van der Waals surface area contributed by atoms with Gasteiger partial charge in [-0.15, -0.1) is 0 Å². The molecule has 0 aliphatic carbocycles. The van der Waals surface area contributed by atoms with Crippen LogP contribution in [-0.2, 0) is 9.53 Å². The summed E-state index contributed by atoms with van der Waals surface area (Å²) >= 11 is 3.24. The number of halogens is 1. The van der Waals surface area contributed by atoms with Gasteiger partial charge in [0, 0.05) is 22.6 Å². The highest BCUT2D eigenvalue weighted by Crippen LogP contribution is 2.19. The number of hydrogen-bond donors (Lipinski definition) is 1. The molecule has 6 heteroatoms. The third-order valence-electron chi connectivity index (χ3n) is 3.61. The van der Waals surface area contributed by atoms with E-state index in [4.69, 9.17) is 4.74 Å². The summed E-state index contributed by atoms with van der Waals surface area (Å²) in [5.41, 5.74) is 0.926. The molecule has 2 aromatic carbocycles. The fourth-order valence-corrected chi connectivity index (χ4v) is 2.68. The van der Waals surface area contributed by atoms with E-state index in [-0.39, 0.29) is 5.56 Å². The molecule has 0 fully saturated rings. The van der Waals surface area contributed by atoms with Crippen molar-refractivity contribution >= 4 is 44.3 Å². The number of carbonyl (C=O) groups is 2. The number of fused-ring (bicyclic) bond motifs is 1. The highest BCUT2D eigenvalue weighted by atomic mass is 79.9. The summed E-state index contributed by atoms with van der Waals surface area (Å²) in [6.07, 6.45) is 2.02. The number of nitrogens with zero attached hydrogens (tertiary/aromatic N) is 1. The molecule has 0 saturated heterocycles. The third kappa shape index (κ3) is 4.22. The topological polar surface area (TPSA) is 68.3 Å². The zero-order valence-corrected chi connectivity index (χ0v) is 15.0. The van der Waals surface area contributed by atoms with Gasteiger partial charge in [0.05, 0.1) is 5.56 Å². The van der Waals surface area contributed by atoms with Gasteiger partial charge >= 0.3 is 5.97 Å². The predicted octanol–water partition coefficient (Wildman–Crippen LogP) is 4.18. The van der Waals surface area contributed by atoms with Crippen LogP contribution in [-0.4, -0.2) is 23.0 Å². The maximum Gasteiger partial charge on any atom is 0.340 e. The Morgan fingerprint density at radius 2 is 1.84 bits per heavy atom. The molecular formula is C19H15BrN2O3. The van der Waals surface area contributed by atoms with Gasteiger partial charge < -0.3 is 10.1 Å². The molecule has 1 aromatic heterocycles. The van der Waals surface area contributed by atoms with Crippen molar-refractivity contribution in [1.82, 2.24) is 4.98 Å². The van der Waals surface area contributed by atoms with Crippen LogP contribution in [0.1, 0.15) is 17.3 Å². The summed E-state index contributed by atoms with van der Waals surface area (Å²) in [5, 5.41) is 4.86. The van der Waals surface area contributed by atoms with Crippen LogP contribution in [0.15, 0.2) is 65.4 Å². The number of pyridine rings is 1. The van der Waals surface area contributed by atoms with Crippen LogP contribution in [0.5, 0.6) is 0 Å². The number of ether oxygens (including phenoxy) is 1. The lowest BCUT2D eigenvalue weighted by Gasteiger charge is -2.14. The number of rotatable bonds is 4. The molecule has 3 aromatic rings. The summed E-state index contributed by atoms with van der Waals surface area (Å²) in [6.45, 7) is 1.53. The minimum atomic E-state index is -0.932. The first-order chi connectivity index (χ1) is 12.0. The van der Waals surface area contributed by atoms with Gasteiger partial charge in [-0.25, -0.2) is 4.79 Å². The molecule has 1 heterocycles. The summed E-state index contributed by atoms with van der Waals surface area (Å²) in [7, 11) is 0. The monoisotopic (exact) mass is 398 g/mol. The highest BCUT2D eigenvalue weighted by Gasteiger charge is 2.19. The number of anilines is 1. The van der Waals surface area contributed by atoms with E-state index >= 15 is 0 Å². The minimum Gasteiger partial charge on any atom is -0.449 e. The molecule has 0 unspecified atom stereocenters. The van der Waals surface area contributed by atoms with E-state index in [9.17, 15) is 9.59 Å². The van der Waals surface area contributed by atoms with Gasteiger partial charge in [0.1, 0.15) is 0 Å². The molecule has 126 valence electrons. The van der Waals surface area contributed by atoms with E-state index in [1.807, 2.05) is 42.5 Å². The van der Waals surface area contributed by atoms with Crippen LogP contribution < -0.4 is 5.32 Å². The third-order valence-corrected chi connectivity index (χ3v) is 4.04. The van der Waals surface area contributed by atoms with E-state index in [0.29, 0.717) is 10.2 Å². The summed E-state index contributed by atoms with van der Waals surface area (Å²) in [5.74, 6) is -0.999. The van der Waals surface area contributed by atoms with Crippen molar-refractivity contribution in [2.24, 2.45) is 0 Å². The van der Waals surface area contributed by atoms with E-state index in [2.05, 4.69) is 26.2 Å². The molecule has 5 nitrogen and oxygen atoms in total. The maximum absolute atomic E-state index is 12.3. The largest absolute Gasteiger partial charge is 0.449 e. The molecule has 0 aliphatic heterocycles. The lowest BCUT2D eigenvalue weighted by Crippen LogP contribution is -2.30. The molecular weight excluding hydrogens is 384 g/mol. The van der Waals surface area contributed by atoms with Crippen molar-refractivity contribution in [1.29, 1.82) is 0 Å². The van der Waals surface area contributed by atoms with Crippen LogP contribution in [0.25, 0.3) is 10.8 Å². The quantitative estimate of drug-likeness (QED) is 0.669. The summed E-state index contributed by atoms with van der Waals surface area (Å²) < 4.78 is 5.86. The van der Waals surface area contributed by atoms with Crippen LogP contribution in [0.4, 0.5) is 5.69 Å². The minimum absolute atomic E-state index is 0.278. The van der Waals surface area contributed by atoms with Gasteiger partial charge in [-0.2, -0.15) is 0 Å². The average molecular weight is 399 g/mol. The highest BCUT2D eigenvalue weighted by molar-refractivity contribution is 9.10. The van der Waals surface area contributed by atoms with Crippen LogP contribution in [0.2, 0.25) is 0 Å². The zero-order valence-electron chi connectivity index (χ0n) is 13.4. The van der Waals surface area contributed by atoms with Gasteiger partial charge in [0.15, 0.2) is 6.10 Å². The Balaban J connectivity index is 1.66. The SMILES string of the molecule is C[C@H](OC(=O)c1cncc(Br)c1)C(=O)Nc1ccc2ccccc2c1. The van der Waals surface area contributed by atoms with Gasteiger partial charge in [0.25, 0.3) is 5.91 Å². The second-order valence-electron chi connectivity index (χ2n) is 5.49. The van der Waals surface area contributed by atoms with Crippen molar-refractivity contribution in [3.8, 4) is 0 Å². The number of nitrogens with one attached hydrogen (secondary N) is 1. The van der Waals surface area contributed by atoms with Gasteiger partial charge in [-0.3, -0.25) is 9.78 Å². The smallest absolute Gasteiger partial charge is 0.340 e. The molecule has 1 amide bonds. The first kappa shape index (κ1) is 17.1. The van der Waals surface area contributed by atoms with Crippen molar-refractivity contribution in [2.75, 3.05) is 5.32 Å². The fourth-order valence-electron chi connectivity index (χ4n) is 2.32. The van der Waals surface area contributed by atoms with E-state index in [0.717, 1.165) is 10.8 Å². The standard InChI is InChI=1S/C19H15BrN2O3/c1-12(25-19(24)15-8-16(20)11-21-10-15)18(23)22-17-7-6-13-4-2-3-5-14(13)9-17/h2-12H,1H3,(H,22,23)/t12-/m0/s1. The Morgan fingerprint density at radius 3 is 2.60 bits per heavy atom. The molecule has 1 N–H and O–H groups in total. The van der Waals surface area contributed by atoms with Crippen molar-refractivity contribution in [3.63, 3.8) is 0 Å². The van der Waals surface area contributed by atoms with Crippen LogP contribution in [0, 0.1) is 0 Å². The normalized spacial score (nSPS) is 11.8. The first-order valence-corrected chi connectivity index (χ1v) is 8.43. The Morgan fingerprint density at radius 1 is 1.08 bits per heavy atom. The first-order valence-electron chi connectivity index (χ1n) is 7.64. The second kappa shape index (κ2) is 7.44. The Labute approximate surface area is 153 Å². The molecule has 0 aliphatic rings. The molecule has 3 rings (SSSR count). The summed E-state index contributed by atoms with van der Waals surface area (Å²) in [4.78, 5) is 28.3. The van der Waals surface area contributed by atoms with Gasteiger partial charge in [-0.1, -0.05) is 30.3 Å². The molecule has 1 atom stereocenters. The van der Waals surface area contributed by atoms with E-state index in [1.165, 1.54) is 13.1 Å². The summed E-state index contributed by atoms with van der Waals surface area (Å²) in [6, 6.07) is 15.1. The van der Waals surface area contributed by atoms with Gasteiger partial charge in [0.2, 0.25) is 0 Å². The Kier molecular flexibility index (Phi) is 5.09. The molecule has 0 saturated carbocycles. The van der Waals surface area contributed by atoms with Crippen LogP contribution >= 0.6 is 15.9 Å². The van der Waals surface area contributed by atoms with Crippen molar-refractivity contribution in [3.05, 3.63) is 71.0 Å². The van der Waals surface area contributed by atoms with E-state index < -0.39 is 18.0 Å². The molecule has 25 heavy (non-hydrogen) atoms. The predicted molar refractivity (Wildman–Crippen MR) is 99.4 cm³/mol. The average Bonchev–Trinajstić information content (AvgIpc) is 2.61. The van der Waals surface area contributed by atoms with E-state index in [1.54, 1.807) is 12.3 Å². The van der Waals surface area contributed by atoms with Crippen LogP contribution in [0.3, 0.4) is 0 Å². The molecule has 0 spiro atoms. The van der Waals surface area contributed by atoms with Crippen molar-refractivity contribution in [2.45, 2.75) is 13.0 Å². The lowest BCUT2D eigenvalue weighted by atomic mass is 10.1. The number of carbonyl (C=O) groups excluding carboxylic acids is 2. The number of benzene rings is 2. The number of aromatic nitrogens is 1. The maximum atomic E-state index is 12.3.